The molecule has 4 heterocycles. The van der Waals surface area contributed by atoms with Crippen molar-refractivity contribution in [2.24, 2.45) is 5.92 Å². The Morgan fingerprint density at radius 3 is 2.78 bits per heavy atom. The molecule has 1 fully saturated rings. The molecule has 0 saturated carbocycles. The van der Waals surface area contributed by atoms with Gasteiger partial charge in [0.15, 0.2) is 10.8 Å². The number of hydrogen-bond donors (Lipinski definition) is 0. The minimum Gasteiger partial charge on any atom is -0.354 e. The van der Waals surface area contributed by atoms with Crippen molar-refractivity contribution in [2.45, 2.75) is 83.3 Å². The Morgan fingerprint density at radius 1 is 1.28 bits per heavy atom. The highest BCUT2D eigenvalue weighted by Gasteiger charge is 2.46. The highest BCUT2D eigenvalue weighted by molar-refractivity contribution is 7.99. The van der Waals surface area contributed by atoms with Gasteiger partial charge in [-0.1, -0.05) is 50.7 Å². The van der Waals surface area contributed by atoms with Crippen molar-refractivity contribution in [3.8, 4) is 5.69 Å². The molecule has 0 radical (unpaired) electrons. The summed E-state index contributed by atoms with van der Waals surface area (Å²) >= 11 is 1.53. The third-order valence-electron chi connectivity index (χ3n) is 7.51. The molecule has 0 aliphatic carbocycles. The van der Waals surface area contributed by atoms with E-state index in [2.05, 4.69) is 25.9 Å². The standard InChI is InChI=1S/C27H35N5O3S/c1-6-19-15-35-27(5,12-11-17(2)3)31(19)23(33)13-20-16-36-26-29-24-21(25(34)30(20)26)14-28-32(24)22-10-8-7-9-18(22)4/h7-10,14,17,19-20H,6,11-13,15-16H2,1-5H3. The summed E-state index contributed by atoms with van der Waals surface area (Å²) in [5.74, 6) is 1.23. The predicted octanol–water partition coefficient (Wildman–Crippen LogP) is 4.72. The van der Waals surface area contributed by atoms with E-state index in [0.717, 1.165) is 30.5 Å². The zero-order chi connectivity index (χ0) is 25.6. The maximum Gasteiger partial charge on any atom is 0.265 e. The molecule has 8 nitrogen and oxygen atoms in total. The highest BCUT2D eigenvalue weighted by atomic mass is 32.2. The van der Waals surface area contributed by atoms with Gasteiger partial charge in [0, 0.05) is 12.2 Å². The van der Waals surface area contributed by atoms with Crippen molar-refractivity contribution in [3.05, 3.63) is 46.4 Å². The second kappa shape index (κ2) is 9.67. The van der Waals surface area contributed by atoms with Crippen LogP contribution < -0.4 is 5.56 Å². The first kappa shape index (κ1) is 25.0. The largest absolute Gasteiger partial charge is 0.354 e. The van der Waals surface area contributed by atoms with E-state index in [1.807, 2.05) is 43.0 Å². The molecular weight excluding hydrogens is 474 g/mol. The number of aryl methyl sites for hydroxylation is 1. The zero-order valence-corrected chi connectivity index (χ0v) is 22.5. The molecule has 2 aliphatic heterocycles. The van der Waals surface area contributed by atoms with Crippen LogP contribution >= 0.6 is 11.8 Å². The van der Waals surface area contributed by atoms with E-state index < -0.39 is 5.72 Å². The van der Waals surface area contributed by atoms with Crippen LogP contribution in [0.4, 0.5) is 0 Å². The maximum absolute atomic E-state index is 13.7. The number of nitrogens with zero attached hydrogens (tertiary/aromatic N) is 5. The van der Waals surface area contributed by atoms with E-state index in [1.54, 1.807) is 15.4 Å². The summed E-state index contributed by atoms with van der Waals surface area (Å²) in [6, 6.07) is 7.74. The number of thioether (sulfide) groups is 1. The monoisotopic (exact) mass is 509 g/mol. The molecule has 36 heavy (non-hydrogen) atoms. The molecule has 2 aliphatic rings. The van der Waals surface area contributed by atoms with Crippen LogP contribution in [0.2, 0.25) is 0 Å². The van der Waals surface area contributed by atoms with Crippen LogP contribution in [0.15, 0.2) is 40.4 Å². The Bertz CT molecular complexity index is 1350. The summed E-state index contributed by atoms with van der Waals surface area (Å²) in [6.07, 6.45) is 4.50. The van der Waals surface area contributed by atoms with Crippen molar-refractivity contribution >= 4 is 28.7 Å². The van der Waals surface area contributed by atoms with Crippen LogP contribution in [0.25, 0.3) is 16.7 Å². The number of carbonyl (C=O) groups excluding carboxylic acids is 1. The highest BCUT2D eigenvalue weighted by Crippen LogP contribution is 2.38. The summed E-state index contributed by atoms with van der Waals surface area (Å²) in [5, 5.41) is 5.61. The van der Waals surface area contributed by atoms with Crippen molar-refractivity contribution in [1.29, 1.82) is 0 Å². The topological polar surface area (TPSA) is 82.2 Å². The Balaban J connectivity index is 1.44. The number of para-hydroxylation sites is 1. The minimum absolute atomic E-state index is 0.0478. The molecule has 9 heteroatoms. The van der Waals surface area contributed by atoms with Gasteiger partial charge in [-0.2, -0.15) is 5.10 Å². The number of carbonyl (C=O) groups is 1. The fraction of sp³-hybridized carbons (Fsp3) is 0.556. The van der Waals surface area contributed by atoms with Gasteiger partial charge in [-0.25, -0.2) is 9.67 Å². The van der Waals surface area contributed by atoms with E-state index in [1.165, 1.54) is 11.8 Å². The van der Waals surface area contributed by atoms with E-state index in [4.69, 9.17) is 9.72 Å². The summed E-state index contributed by atoms with van der Waals surface area (Å²) in [7, 11) is 0. The Kier molecular flexibility index (Phi) is 6.72. The molecule has 3 unspecified atom stereocenters. The second-order valence-corrected chi connectivity index (χ2v) is 11.6. The average Bonchev–Trinajstić information content (AvgIpc) is 3.54. The van der Waals surface area contributed by atoms with Crippen LogP contribution in [0, 0.1) is 12.8 Å². The average molecular weight is 510 g/mol. The Labute approximate surface area is 216 Å². The maximum atomic E-state index is 13.7. The first-order chi connectivity index (χ1) is 17.2. The number of amides is 1. The van der Waals surface area contributed by atoms with Gasteiger partial charge in [0.2, 0.25) is 5.91 Å². The molecule has 0 bridgehead atoms. The SMILES string of the molecule is CCC1COC(C)(CCC(C)C)N1C(=O)CC1CSc2nc3c(cnn3-c3ccccc3C)c(=O)n21. The number of rotatable bonds is 7. The second-order valence-electron chi connectivity index (χ2n) is 10.6. The first-order valence-electron chi connectivity index (χ1n) is 12.9. The number of aromatic nitrogens is 4. The molecule has 5 rings (SSSR count). The van der Waals surface area contributed by atoms with Gasteiger partial charge >= 0.3 is 0 Å². The van der Waals surface area contributed by atoms with E-state index in [-0.39, 0.29) is 30.0 Å². The molecule has 2 aromatic heterocycles. The molecule has 3 aromatic rings. The fourth-order valence-electron chi connectivity index (χ4n) is 5.38. The van der Waals surface area contributed by atoms with Crippen LogP contribution in [0.5, 0.6) is 0 Å². The number of hydrogen-bond acceptors (Lipinski definition) is 6. The lowest BCUT2D eigenvalue weighted by Crippen LogP contribution is -2.50. The third-order valence-corrected chi connectivity index (χ3v) is 8.61. The minimum atomic E-state index is -0.599. The summed E-state index contributed by atoms with van der Waals surface area (Å²) in [5.41, 5.74) is 1.78. The molecule has 0 N–H and O–H groups in total. The quantitative estimate of drug-likeness (QED) is 0.429. The van der Waals surface area contributed by atoms with Gasteiger partial charge in [0.25, 0.3) is 5.56 Å². The van der Waals surface area contributed by atoms with Gasteiger partial charge in [-0.05, 0) is 50.7 Å². The van der Waals surface area contributed by atoms with E-state index in [0.29, 0.717) is 34.5 Å². The molecule has 1 aromatic carbocycles. The molecule has 3 atom stereocenters. The molecule has 1 amide bonds. The zero-order valence-electron chi connectivity index (χ0n) is 21.7. The summed E-state index contributed by atoms with van der Waals surface area (Å²) < 4.78 is 9.65. The summed E-state index contributed by atoms with van der Waals surface area (Å²) in [4.78, 5) is 34.1. The molecular formula is C27H35N5O3S. The predicted molar refractivity (Wildman–Crippen MR) is 142 cm³/mol. The number of benzene rings is 1. The van der Waals surface area contributed by atoms with Crippen molar-refractivity contribution in [2.75, 3.05) is 12.4 Å². The Hall–Kier alpha value is -2.65. The number of ether oxygens (including phenoxy) is 1. The van der Waals surface area contributed by atoms with Gasteiger partial charge in [0.1, 0.15) is 11.1 Å². The summed E-state index contributed by atoms with van der Waals surface area (Å²) in [6.45, 7) is 11.1. The Morgan fingerprint density at radius 2 is 2.06 bits per heavy atom. The van der Waals surface area contributed by atoms with Crippen molar-refractivity contribution in [1.82, 2.24) is 24.2 Å². The van der Waals surface area contributed by atoms with Crippen LogP contribution in [0.1, 0.15) is 65.0 Å². The van der Waals surface area contributed by atoms with Gasteiger partial charge in [-0.15, -0.1) is 0 Å². The van der Waals surface area contributed by atoms with E-state index >= 15 is 0 Å². The third kappa shape index (κ3) is 4.26. The van der Waals surface area contributed by atoms with E-state index in [9.17, 15) is 9.59 Å². The molecule has 192 valence electrons. The van der Waals surface area contributed by atoms with Crippen LogP contribution in [0.3, 0.4) is 0 Å². The smallest absolute Gasteiger partial charge is 0.265 e. The van der Waals surface area contributed by atoms with Crippen molar-refractivity contribution < 1.29 is 9.53 Å². The lowest BCUT2D eigenvalue weighted by Gasteiger charge is -2.37. The van der Waals surface area contributed by atoms with Crippen LogP contribution in [-0.2, 0) is 9.53 Å². The first-order valence-corrected chi connectivity index (χ1v) is 13.9. The van der Waals surface area contributed by atoms with Gasteiger partial charge in [0.05, 0.1) is 30.6 Å². The number of fused-ring (bicyclic) bond motifs is 2. The molecule has 0 spiro atoms. The molecule has 1 saturated heterocycles. The fourth-order valence-corrected chi connectivity index (χ4v) is 6.51. The van der Waals surface area contributed by atoms with Gasteiger partial charge in [-0.3, -0.25) is 14.2 Å². The van der Waals surface area contributed by atoms with Crippen molar-refractivity contribution in [3.63, 3.8) is 0 Å². The lowest BCUT2D eigenvalue weighted by molar-refractivity contribution is -0.151. The van der Waals surface area contributed by atoms with Gasteiger partial charge < -0.3 is 9.64 Å². The lowest BCUT2D eigenvalue weighted by atomic mass is 9.99. The normalized spacial score (nSPS) is 23.7. The van der Waals surface area contributed by atoms with Crippen LogP contribution in [-0.4, -0.2) is 54.3 Å².